The van der Waals surface area contributed by atoms with Crippen molar-refractivity contribution in [2.24, 2.45) is 0 Å². The number of ether oxygens (including phenoxy) is 1. The molecular formula is C11H21NO3. The van der Waals surface area contributed by atoms with Gasteiger partial charge in [0.1, 0.15) is 0 Å². The number of rotatable bonds is 8. The number of carbonyl (C=O) groups is 1. The molecule has 15 heavy (non-hydrogen) atoms. The van der Waals surface area contributed by atoms with Crippen LogP contribution in [0.1, 0.15) is 26.7 Å². The second-order valence-corrected chi connectivity index (χ2v) is 3.21. The Morgan fingerprint density at radius 2 is 2.27 bits per heavy atom. The van der Waals surface area contributed by atoms with E-state index in [-0.39, 0.29) is 12.1 Å². The van der Waals surface area contributed by atoms with Gasteiger partial charge in [0.25, 0.3) is 0 Å². The Balaban J connectivity index is 3.34. The van der Waals surface area contributed by atoms with Gasteiger partial charge in [-0.05, 0) is 26.3 Å². The minimum atomic E-state index is -0.312. The lowest BCUT2D eigenvalue weighted by molar-refractivity contribution is -0.137. The average molecular weight is 215 g/mol. The molecule has 4 nitrogen and oxygen atoms in total. The van der Waals surface area contributed by atoms with Crippen molar-refractivity contribution in [3.8, 4) is 0 Å². The van der Waals surface area contributed by atoms with Gasteiger partial charge >= 0.3 is 5.97 Å². The lowest BCUT2D eigenvalue weighted by atomic mass is 10.2. The van der Waals surface area contributed by atoms with Crippen LogP contribution in [0.15, 0.2) is 12.2 Å². The molecule has 0 aromatic heterocycles. The Kier molecular flexibility index (Phi) is 9.11. The van der Waals surface area contributed by atoms with Gasteiger partial charge in [0.2, 0.25) is 0 Å². The smallest absolute Gasteiger partial charge is 0.330 e. The third kappa shape index (κ3) is 9.43. The molecule has 0 aliphatic carbocycles. The van der Waals surface area contributed by atoms with Crippen LogP contribution in [0.4, 0.5) is 0 Å². The van der Waals surface area contributed by atoms with Crippen molar-refractivity contribution in [2.45, 2.75) is 32.8 Å². The molecule has 0 saturated heterocycles. The van der Waals surface area contributed by atoms with E-state index in [0.717, 1.165) is 19.4 Å². The van der Waals surface area contributed by atoms with Crippen molar-refractivity contribution in [1.82, 2.24) is 5.32 Å². The topological polar surface area (TPSA) is 58.6 Å². The molecule has 0 aromatic rings. The minimum Gasteiger partial charge on any atom is -0.463 e. The maximum atomic E-state index is 10.9. The Morgan fingerprint density at radius 1 is 1.53 bits per heavy atom. The Hall–Kier alpha value is -0.870. The molecule has 2 N–H and O–H groups in total. The van der Waals surface area contributed by atoms with Crippen LogP contribution in [0.25, 0.3) is 0 Å². The number of hydrogen-bond donors (Lipinski definition) is 2. The molecule has 0 radical (unpaired) electrons. The predicted molar refractivity (Wildman–Crippen MR) is 59.6 cm³/mol. The van der Waals surface area contributed by atoms with Gasteiger partial charge in [-0.15, -0.1) is 0 Å². The summed E-state index contributed by atoms with van der Waals surface area (Å²) in [5.41, 5.74) is 0. The Bertz CT molecular complexity index is 192. The van der Waals surface area contributed by atoms with Gasteiger partial charge in [0.15, 0.2) is 0 Å². The number of hydrogen-bond acceptors (Lipinski definition) is 4. The highest BCUT2D eigenvalue weighted by Crippen LogP contribution is 1.93. The van der Waals surface area contributed by atoms with Crippen LogP contribution in [0, 0.1) is 0 Å². The van der Waals surface area contributed by atoms with Crippen LogP contribution >= 0.6 is 0 Å². The average Bonchev–Trinajstić information content (AvgIpc) is 2.23. The van der Waals surface area contributed by atoms with E-state index in [0.29, 0.717) is 13.2 Å². The van der Waals surface area contributed by atoms with Crippen molar-refractivity contribution >= 4 is 5.97 Å². The summed E-state index contributed by atoms with van der Waals surface area (Å²) in [6, 6.07) is 0. The fourth-order valence-corrected chi connectivity index (χ4v) is 1.00. The first kappa shape index (κ1) is 14.1. The fraction of sp³-hybridized carbons (Fsp3) is 0.727. The first-order valence-electron chi connectivity index (χ1n) is 5.42. The standard InChI is InChI=1S/C11H21NO3/c1-3-10(13)7-9-12-8-5-6-11(14)15-4-2/h5-6,10,12-13H,3-4,7-9H2,1-2H3/b6-5+. The SMILES string of the molecule is CCOC(=O)/C=C/CNCCC(O)CC. The quantitative estimate of drug-likeness (QED) is 0.358. The zero-order valence-corrected chi connectivity index (χ0v) is 9.53. The predicted octanol–water partition coefficient (Wildman–Crippen LogP) is 0.856. The van der Waals surface area contributed by atoms with Gasteiger partial charge in [-0.2, -0.15) is 0 Å². The lowest BCUT2D eigenvalue weighted by Gasteiger charge is -2.06. The third-order valence-corrected chi connectivity index (χ3v) is 1.93. The van der Waals surface area contributed by atoms with Gasteiger partial charge in [0.05, 0.1) is 12.7 Å². The summed E-state index contributed by atoms with van der Waals surface area (Å²) in [5, 5.41) is 12.3. The summed E-state index contributed by atoms with van der Waals surface area (Å²) in [6.45, 7) is 5.50. The van der Waals surface area contributed by atoms with Crippen LogP contribution in [0.5, 0.6) is 0 Å². The van der Waals surface area contributed by atoms with Crippen molar-refractivity contribution in [2.75, 3.05) is 19.7 Å². The van der Waals surface area contributed by atoms with E-state index < -0.39 is 0 Å². The molecule has 0 aromatic carbocycles. The van der Waals surface area contributed by atoms with Crippen molar-refractivity contribution in [3.05, 3.63) is 12.2 Å². The second kappa shape index (κ2) is 9.68. The van der Waals surface area contributed by atoms with E-state index in [4.69, 9.17) is 4.74 Å². The normalized spacial score (nSPS) is 13.0. The number of carbonyl (C=O) groups excluding carboxylic acids is 1. The third-order valence-electron chi connectivity index (χ3n) is 1.93. The summed E-state index contributed by atoms with van der Waals surface area (Å²) in [4.78, 5) is 10.9. The zero-order chi connectivity index (χ0) is 11.5. The van der Waals surface area contributed by atoms with Gasteiger partial charge in [-0.3, -0.25) is 0 Å². The molecule has 0 saturated carbocycles. The monoisotopic (exact) mass is 215 g/mol. The molecule has 0 rings (SSSR count). The zero-order valence-electron chi connectivity index (χ0n) is 9.53. The molecule has 1 atom stereocenters. The fourth-order valence-electron chi connectivity index (χ4n) is 1.00. The van der Waals surface area contributed by atoms with E-state index in [2.05, 4.69) is 5.32 Å². The molecule has 0 aliphatic heterocycles. The minimum absolute atomic E-state index is 0.230. The van der Waals surface area contributed by atoms with Crippen LogP contribution in [0.3, 0.4) is 0 Å². The Labute approximate surface area is 91.3 Å². The molecule has 0 heterocycles. The van der Waals surface area contributed by atoms with Crippen molar-refractivity contribution in [1.29, 1.82) is 0 Å². The number of nitrogens with one attached hydrogen (secondary N) is 1. The molecular weight excluding hydrogens is 194 g/mol. The largest absolute Gasteiger partial charge is 0.463 e. The number of aliphatic hydroxyl groups is 1. The highest BCUT2D eigenvalue weighted by molar-refractivity contribution is 5.81. The maximum Gasteiger partial charge on any atom is 0.330 e. The highest BCUT2D eigenvalue weighted by atomic mass is 16.5. The lowest BCUT2D eigenvalue weighted by Crippen LogP contribution is -2.20. The summed E-state index contributed by atoms with van der Waals surface area (Å²) in [5.74, 6) is -0.312. The van der Waals surface area contributed by atoms with Gasteiger partial charge in [-0.1, -0.05) is 13.0 Å². The maximum absolute atomic E-state index is 10.9. The molecule has 4 heteroatoms. The van der Waals surface area contributed by atoms with Gasteiger partial charge < -0.3 is 15.2 Å². The van der Waals surface area contributed by atoms with Crippen LogP contribution < -0.4 is 5.32 Å². The number of esters is 1. The van der Waals surface area contributed by atoms with Gasteiger partial charge in [0, 0.05) is 12.6 Å². The Morgan fingerprint density at radius 3 is 2.87 bits per heavy atom. The van der Waals surface area contributed by atoms with E-state index in [1.54, 1.807) is 13.0 Å². The molecule has 1 unspecified atom stereocenters. The van der Waals surface area contributed by atoms with E-state index in [9.17, 15) is 9.90 Å². The van der Waals surface area contributed by atoms with Crippen LogP contribution in [0.2, 0.25) is 0 Å². The van der Waals surface area contributed by atoms with Gasteiger partial charge in [-0.25, -0.2) is 4.79 Å². The van der Waals surface area contributed by atoms with E-state index >= 15 is 0 Å². The molecule has 0 aliphatic rings. The first-order chi connectivity index (χ1) is 7.20. The number of aliphatic hydroxyl groups excluding tert-OH is 1. The molecule has 0 amide bonds. The molecule has 0 spiro atoms. The second-order valence-electron chi connectivity index (χ2n) is 3.21. The summed E-state index contributed by atoms with van der Waals surface area (Å²) in [6.07, 6.45) is 4.42. The first-order valence-corrected chi connectivity index (χ1v) is 5.42. The molecule has 0 fully saturated rings. The van der Waals surface area contributed by atoms with E-state index in [1.165, 1.54) is 6.08 Å². The van der Waals surface area contributed by atoms with Crippen LogP contribution in [-0.4, -0.2) is 36.9 Å². The highest BCUT2D eigenvalue weighted by Gasteiger charge is 1.98. The van der Waals surface area contributed by atoms with Crippen molar-refractivity contribution in [3.63, 3.8) is 0 Å². The molecule has 0 bridgehead atoms. The molecule has 88 valence electrons. The summed E-state index contributed by atoms with van der Waals surface area (Å²) < 4.78 is 4.71. The summed E-state index contributed by atoms with van der Waals surface area (Å²) in [7, 11) is 0. The van der Waals surface area contributed by atoms with Crippen LogP contribution in [-0.2, 0) is 9.53 Å². The van der Waals surface area contributed by atoms with E-state index in [1.807, 2.05) is 6.92 Å². The van der Waals surface area contributed by atoms with Crippen molar-refractivity contribution < 1.29 is 14.6 Å². The summed E-state index contributed by atoms with van der Waals surface area (Å²) >= 11 is 0.